The SMILES string of the molecule is Fc1ccc(-c2ncc(OC3CCOC3)nc2-c2ccncc2Cl)c(F)c1. The van der Waals surface area contributed by atoms with Crippen LogP contribution in [-0.2, 0) is 4.74 Å². The van der Waals surface area contributed by atoms with Gasteiger partial charge in [-0.25, -0.2) is 18.7 Å². The molecule has 1 aliphatic heterocycles. The average molecular weight is 390 g/mol. The summed E-state index contributed by atoms with van der Waals surface area (Å²) in [6, 6.07) is 4.94. The second-order valence-electron chi connectivity index (χ2n) is 5.99. The minimum atomic E-state index is -0.742. The molecule has 1 saturated heterocycles. The lowest BCUT2D eigenvalue weighted by Crippen LogP contribution is -2.17. The molecule has 0 radical (unpaired) electrons. The van der Waals surface area contributed by atoms with Gasteiger partial charge < -0.3 is 9.47 Å². The average Bonchev–Trinajstić information content (AvgIpc) is 3.16. The monoisotopic (exact) mass is 389 g/mol. The van der Waals surface area contributed by atoms with Gasteiger partial charge in [-0.2, -0.15) is 0 Å². The van der Waals surface area contributed by atoms with Crippen LogP contribution in [0.2, 0.25) is 5.02 Å². The lowest BCUT2D eigenvalue weighted by molar-refractivity contribution is 0.138. The van der Waals surface area contributed by atoms with Crippen LogP contribution >= 0.6 is 11.6 Å². The molecule has 1 aromatic carbocycles. The fraction of sp³-hybridized carbons (Fsp3) is 0.211. The van der Waals surface area contributed by atoms with Crippen LogP contribution in [0.4, 0.5) is 8.78 Å². The molecule has 8 heteroatoms. The Morgan fingerprint density at radius 1 is 1.11 bits per heavy atom. The van der Waals surface area contributed by atoms with Gasteiger partial charge in [0.15, 0.2) is 0 Å². The molecule has 1 unspecified atom stereocenters. The van der Waals surface area contributed by atoms with Crippen molar-refractivity contribution in [2.24, 2.45) is 0 Å². The van der Waals surface area contributed by atoms with Crippen LogP contribution in [0.25, 0.3) is 22.5 Å². The first kappa shape index (κ1) is 17.8. The Labute approximate surface area is 159 Å². The van der Waals surface area contributed by atoms with Crippen molar-refractivity contribution < 1.29 is 18.3 Å². The maximum atomic E-state index is 14.4. The summed E-state index contributed by atoms with van der Waals surface area (Å²) in [5, 5.41) is 0.330. The van der Waals surface area contributed by atoms with E-state index in [9.17, 15) is 8.78 Å². The van der Waals surface area contributed by atoms with Gasteiger partial charge in [0.1, 0.15) is 23.4 Å². The number of aromatic nitrogens is 3. The van der Waals surface area contributed by atoms with Crippen LogP contribution in [-0.4, -0.2) is 34.3 Å². The molecule has 3 heterocycles. The third-order valence-corrected chi connectivity index (χ3v) is 4.44. The molecule has 2 aromatic heterocycles. The third kappa shape index (κ3) is 3.74. The Balaban J connectivity index is 1.83. The predicted molar refractivity (Wildman–Crippen MR) is 95.5 cm³/mol. The fourth-order valence-electron chi connectivity index (χ4n) is 2.84. The maximum absolute atomic E-state index is 14.4. The van der Waals surface area contributed by atoms with E-state index in [1.807, 2.05) is 0 Å². The number of halogens is 3. The molecule has 4 rings (SSSR count). The summed E-state index contributed by atoms with van der Waals surface area (Å²) in [7, 11) is 0. The summed E-state index contributed by atoms with van der Waals surface area (Å²) in [5.41, 5.74) is 1.19. The summed E-state index contributed by atoms with van der Waals surface area (Å²) in [4.78, 5) is 12.8. The molecule has 3 aromatic rings. The first-order valence-corrected chi connectivity index (χ1v) is 8.66. The lowest BCUT2D eigenvalue weighted by Gasteiger charge is -2.15. The van der Waals surface area contributed by atoms with Gasteiger partial charge in [0, 0.05) is 36.0 Å². The molecule has 0 spiro atoms. The lowest BCUT2D eigenvalue weighted by atomic mass is 10.0. The van der Waals surface area contributed by atoms with Crippen molar-refractivity contribution in [3.63, 3.8) is 0 Å². The first-order valence-electron chi connectivity index (χ1n) is 8.28. The molecule has 0 amide bonds. The van der Waals surface area contributed by atoms with E-state index in [1.54, 1.807) is 12.3 Å². The zero-order valence-electron chi connectivity index (χ0n) is 14.0. The highest BCUT2D eigenvalue weighted by atomic mass is 35.5. The standard InChI is InChI=1S/C19H14ClF2N3O2/c20-15-8-23-5-3-13(15)19-18(14-2-1-11(21)7-16(14)22)24-9-17(25-19)27-12-4-6-26-10-12/h1-3,5,7-9,12H,4,6,10H2. The van der Waals surface area contributed by atoms with Crippen LogP contribution in [0.15, 0.2) is 42.9 Å². The third-order valence-electron chi connectivity index (χ3n) is 4.14. The van der Waals surface area contributed by atoms with Crippen molar-refractivity contribution in [3.05, 3.63) is 59.5 Å². The second kappa shape index (κ2) is 7.54. The molecule has 0 aliphatic carbocycles. The minimum absolute atomic E-state index is 0.113. The number of nitrogens with zero attached hydrogens (tertiary/aromatic N) is 3. The molecule has 1 atom stereocenters. The highest BCUT2D eigenvalue weighted by Gasteiger charge is 2.21. The summed E-state index contributed by atoms with van der Waals surface area (Å²) >= 11 is 6.26. The molecule has 0 saturated carbocycles. The smallest absolute Gasteiger partial charge is 0.233 e. The quantitative estimate of drug-likeness (QED) is 0.665. The van der Waals surface area contributed by atoms with E-state index in [0.29, 0.717) is 29.5 Å². The Hall–Kier alpha value is -2.64. The zero-order valence-corrected chi connectivity index (χ0v) is 14.8. The van der Waals surface area contributed by atoms with Crippen molar-refractivity contribution in [3.8, 4) is 28.4 Å². The number of hydrogen-bond donors (Lipinski definition) is 0. The van der Waals surface area contributed by atoms with Gasteiger partial charge in [-0.3, -0.25) is 4.98 Å². The Kier molecular flexibility index (Phi) is 4.96. The van der Waals surface area contributed by atoms with E-state index < -0.39 is 11.6 Å². The maximum Gasteiger partial charge on any atom is 0.233 e. The topological polar surface area (TPSA) is 57.1 Å². The van der Waals surface area contributed by atoms with Crippen LogP contribution in [0.5, 0.6) is 5.88 Å². The highest BCUT2D eigenvalue weighted by molar-refractivity contribution is 6.33. The molecule has 27 heavy (non-hydrogen) atoms. The van der Waals surface area contributed by atoms with Gasteiger partial charge in [0.25, 0.3) is 0 Å². The van der Waals surface area contributed by atoms with Crippen molar-refractivity contribution in [2.45, 2.75) is 12.5 Å². The number of pyridine rings is 1. The van der Waals surface area contributed by atoms with E-state index in [2.05, 4.69) is 15.0 Å². The Morgan fingerprint density at radius 2 is 2.00 bits per heavy atom. The van der Waals surface area contributed by atoms with Crippen LogP contribution in [0, 0.1) is 11.6 Å². The van der Waals surface area contributed by atoms with Crippen molar-refractivity contribution in [1.29, 1.82) is 0 Å². The molecule has 0 N–H and O–H groups in total. The van der Waals surface area contributed by atoms with Gasteiger partial charge in [-0.1, -0.05) is 11.6 Å². The summed E-state index contributed by atoms with van der Waals surface area (Å²) in [6.07, 6.45) is 5.05. The molecule has 1 aliphatic rings. The van der Waals surface area contributed by atoms with E-state index in [1.165, 1.54) is 18.5 Å². The Bertz CT molecular complexity index is 981. The van der Waals surface area contributed by atoms with E-state index >= 15 is 0 Å². The largest absolute Gasteiger partial charge is 0.471 e. The van der Waals surface area contributed by atoms with Crippen molar-refractivity contribution >= 4 is 11.6 Å². The highest BCUT2D eigenvalue weighted by Crippen LogP contribution is 2.35. The fourth-order valence-corrected chi connectivity index (χ4v) is 3.05. The molecular formula is C19H14ClF2N3O2. The second-order valence-corrected chi connectivity index (χ2v) is 6.40. The molecule has 138 valence electrons. The van der Waals surface area contributed by atoms with Gasteiger partial charge in [0.05, 0.1) is 30.1 Å². The van der Waals surface area contributed by atoms with Gasteiger partial charge in [0.2, 0.25) is 5.88 Å². The van der Waals surface area contributed by atoms with Gasteiger partial charge >= 0.3 is 0 Å². The number of rotatable bonds is 4. The van der Waals surface area contributed by atoms with E-state index in [-0.39, 0.29) is 23.2 Å². The van der Waals surface area contributed by atoms with Crippen LogP contribution in [0.1, 0.15) is 6.42 Å². The summed E-state index contributed by atoms with van der Waals surface area (Å²) < 4.78 is 38.8. The van der Waals surface area contributed by atoms with Crippen molar-refractivity contribution in [1.82, 2.24) is 15.0 Å². The van der Waals surface area contributed by atoms with Crippen molar-refractivity contribution in [2.75, 3.05) is 13.2 Å². The minimum Gasteiger partial charge on any atom is -0.471 e. The number of benzene rings is 1. The molecule has 5 nitrogen and oxygen atoms in total. The van der Waals surface area contributed by atoms with Crippen LogP contribution < -0.4 is 4.74 Å². The van der Waals surface area contributed by atoms with E-state index in [4.69, 9.17) is 21.1 Å². The number of hydrogen-bond acceptors (Lipinski definition) is 5. The predicted octanol–water partition coefficient (Wildman–Crippen LogP) is 4.30. The molecule has 0 bridgehead atoms. The molecule has 1 fully saturated rings. The van der Waals surface area contributed by atoms with Crippen LogP contribution in [0.3, 0.4) is 0 Å². The summed E-state index contributed by atoms with van der Waals surface area (Å²) in [5.74, 6) is -1.14. The van der Waals surface area contributed by atoms with Gasteiger partial charge in [-0.15, -0.1) is 0 Å². The first-order chi connectivity index (χ1) is 13.1. The number of ether oxygens (including phenoxy) is 2. The zero-order chi connectivity index (χ0) is 18.8. The Morgan fingerprint density at radius 3 is 2.74 bits per heavy atom. The van der Waals surface area contributed by atoms with Gasteiger partial charge in [-0.05, 0) is 18.2 Å². The molecular weight excluding hydrogens is 376 g/mol. The normalized spacial score (nSPS) is 16.5. The van der Waals surface area contributed by atoms with E-state index in [0.717, 1.165) is 18.6 Å². The summed E-state index contributed by atoms with van der Waals surface area (Å²) in [6.45, 7) is 1.10.